The number of hydrogen-bond donors (Lipinski definition) is 2. The second-order valence-corrected chi connectivity index (χ2v) is 11.9. The maximum absolute atomic E-state index is 5.09. The summed E-state index contributed by atoms with van der Waals surface area (Å²) >= 11 is 1.81. The highest BCUT2D eigenvalue weighted by Gasteiger charge is 2.41. The molecule has 1 aromatic heterocycles. The Balaban J connectivity index is 0.000000239. The van der Waals surface area contributed by atoms with Crippen molar-refractivity contribution in [1.82, 2.24) is 25.5 Å². The van der Waals surface area contributed by atoms with Gasteiger partial charge in [-0.1, -0.05) is 37.1 Å². The Kier molecular flexibility index (Phi) is 6.73. The van der Waals surface area contributed by atoms with Gasteiger partial charge < -0.3 is 20.4 Å². The molecule has 194 valence electrons. The summed E-state index contributed by atoms with van der Waals surface area (Å²) in [7, 11) is 2.22. The molecule has 0 spiro atoms. The number of thioether (sulfide) groups is 1. The zero-order valence-electron chi connectivity index (χ0n) is 21.9. The number of hydrogen-bond acceptors (Lipinski definition) is 8. The molecular weight excluding hydrogens is 478 g/mol. The Morgan fingerprint density at radius 1 is 1.19 bits per heavy atom. The third-order valence-electron chi connectivity index (χ3n) is 8.25. The van der Waals surface area contributed by atoms with Crippen LogP contribution >= 0.6 is 11.8 Å². The summed E-state index contributed by atoms with van der Waals surface area (Å²) in [6, 6.07) is 8.56. The molecule has 8 heteroatoms. The zero-order chi connectivity index (χ0) is 25.5. The number of anilines is 3. The van der Waals surface area contributed by atoms with E-state index in [0.717, 1.165) is 60.3 Å². The summed E-state index contributed by atoms with van der Waals surface area (Å²) < 4.78 is 0. The van der Waals surface area contributed by atoms with Gasteiger partial charge in [-0.3, -0.25) is 4.90 Å². The molecule has 6 heterocycles. The maximum Gasteiger partial charge on any atom is 0.227 e. The maximum atomic E-state index is 5.09. The highest BCUT2D eigenvalue weighted by atomic mass is 32.2. The number of rotatable bonds is 4. The van der Waals surface area contributed by atoms with Crippen molar-refractivity contribution in [3.63, 3.8) is 0 Å². The van der Waals surface area contributed by atoms with E-state index in [4.69, 9.17) is 9.97 Å². The van der Waals surface area contributed by atoms with Crippen LogP contribution in [0.15, 0.2) is 65.3 Å². The summed E-state index contributed by atoms with van der Waals surface area (Å²) in [5, 5.41) is 7.65. The van der Waals surface area contributed by atoms with Crippen LogP contribution in [0.25, 0.3) is 5.57 Å². The van der Waals surface area contributed by atoms with Gasteiger partial charge in [-0.15, -0.1) is 0 Å². The van der Waals surface area contributed by atoms with Gasteiger partial charge in [0.25, 0.3) is 0 Å². The first kappa shape index (κ1) is 24.5. The van der Waals surface area contributed by atoms with Gasteiger partial charge in [-0.05, 0) is 80.7 Å². The van der Waals surface area contributed by atoms with Crippen LogP contribution in [0.1, 0.15) is 18.9 Å². The molecule has 3 unspecified atom stereocenters. The first-order chi connectivity index (χ1) is 18.0. The number of benzene rings is 1. The van der Waals surface area contributed by atoms with Crippen molar-refractivity contribution >= 4 is 34.8 Å². The monoisotopic (exact) mass is 515 g/mol. The van der Waals surface area contributed by atoms with E-state index in [1.54, 1.807) is 6.20 Å². The van der Waals surface area contributed by atoms with Crippen LogP contribution in [0.2, 0.25) is 0 Å². The second kappa shape index (κ2) is 10.2. The Hall–Kier alpha value is -2.81. The van der Waals surface area contributed by atoms with Crippen LogP contribution in [-0.2, 0) is 0 Å². The molecule has 0 saturated carbocycles. The highest BCUT2D eigenvalue weighted by molar-refractivity contribution is 8.03. The molecule has 37 heavy (non-hydrogen) atoms. The van der Waals surface area contributed by atoms with Gasteiger partial charge in [0.15, 0.2) is 5.82 Å². The highest BCUT2D eigenvalue weighted by Crippen LogP contribution is 2.55. The standard InChI is InChI=1S/C22H23N5S.C7H14N2/c1-13-14(2)21-27(18-6-4-5-7-19(18)28-21)20-17(13)8-23-22(24-20)26-11-15-9-25(3)10-16(15)12-26;1-2-8-5-7-3-4-9-6-7/h4-8,15-16H,1,9-12H2,2-3H3;2,7-9H,1,3-6H2. The number of nitrogens with zero attached hydrogens (tertiary/aromatic N) is 5. The lowest BCUT2D eigenvalue weighted by molar-refractivity contribution is 0.386. The van der Waals surface area contributed by atoms with Crippen molar-refractivity contribution < 1.29 is 0 Å². The minimum Gasteiger partial charge on any atom is -0.391 e. The molecule has 5 aliphatic heterocycles. The molecule has 3 fully saturated rings. The van der Waals surface area contributed by atoms with E-state index >= 15 is 0 Å². The first-order valence-corrected chi connectivity index (χ1v) is 14.2. The lowest BCUT2D eigenvalue weighted by atomic mass is 9.99. The topological polar surface area (TPSA) is 59.6 Å². The number of aromatic nitrogens is 2. The molecule has 2 N–H and O–H groups in total. The van der Waals surface area contributed by atoms with E-state index in [1.165, 1.54) is 53.8 Å². The molecule has 2 aromatic rings. The predicted octanol–water partition coefficient (Wildman–Crippen LogP) is 4.31. The summed E-state index contributed by atoms with van der Waals surface area (Å²) in [5.41, 5.74) is 4.50. The third kappa shape index (κ3) is 4.56. The van der Waals surface area contributed by atoms with E-state index in [0.29, 0.717) is 0 Å². The smallest absolute Gasteiger partial charge is 0.227 e. The first-order valence-electron chi connectivity index (χ1n) is 13.4. The Labute approximate surface area is 224 Å². The largest absolute Gasteiger partial charge is 0.391 e. The van der Waals surface area contributed by atoms with Crippen molar-refractivity contribution in [2.24, 2.45) is 17.8 Å². The van der Waals surface area contributed by atoms with Crippen LogP contribution in [0.5, 0.6) is 0 Å². The molecule has 7 nitrogen and oxygen atoms in total. The van der Waals surface area contributed by atoms with Gasteiger partial charge >= 0.3 is 0 Å². The van der Waals surface area contributed by atoms with Crippen LogP contribution in [0, 0.1) is 17.8 Å². The van der Waals surface area contributed by atoms with Crippen molar-refractivity contribution in [3.8, 4) is 0 Å². The molecule has 0 radical (unpaired) electrons. The van der Waals surface area contributed by atoms with E-state index < -0.39 is 0 Å². The third-order valence-corrected chi connectivity index (χ3v) is 9.49. The Morgan fingerprint density at radius 3 is 2.70 bits per heavy atom. The number of para-hydroxylation sites is 1. The van der Waals surface area contributed by atoms with Crippen molar-refractivity contribution in [3.05, 3.63) is 66.0 Å². The van der Waals surface area contributed by atoms with Gasteiger partial charge in [-0.2, -0.15) is 4.98 Å². The van der Waals surface area contributed by atoms with E-state index in [-0.39, 0.29) is 0 Å². The molecular formula is C29H37N7S. The average molecular weight is 516 g/mol. The summed E-state index contributed by atoms with van der Waals surface area (Å²) in [4.78, 5) is 18.2. The number of likely N-dealkylation sites (tertiary alicyclic amines) is 1. The van der Waals surface area contributed by atoms with Crippen LogP contribution in [0.4, 0.5) is 17.5 Å². The number of fused-ring (bicyclic) bond motifs is 6. The van der Waals surface area contributed by atoms with Crippen LogP contribution < -0.4 is 20.4 Å². The van der Waals surface area contributed by atoms with Gasteiger partial charge in [0.1, 0.15) is 0 Å². The number of nitrogens with one attached hydrogen (secondary N) is 2. The quantitative estimate of drug-likeness (QED) is 0.625. The predicted molar refractivity (Wildman–Crippen MR) is 154 cm³/mol. The Bertz CT molecular complexity index is 1220. The molecule has 5 aliphatic rings. The van der Waals surface area contributed by atoms with E-state index in [1.807, 2.05) is 18.0 Å². The second-order valence-electron chi connectivity index (χ2n) is 10.8. The zero-order valence-corrected chi connectivity index (χ0v) is 22.7. The van der Waals surface area contributed by atoms with Gasteiger partial charge in [-0.25, -0.2) is 4.98 Å². The molecule has 7 rings (SSSR count). The summed E-state index contributed by atoms with van der Waals surface area (Å²) in [6.07, 6.45) is 5.05. The molecule has 3 saturated heterocycles. The molecule has 0 amide bonds. The molecule has 1 aromatic carbocycles. The van der Waals surface area contributed by atoms with Crippen molar-refractivity contribution in [1.29, 1.82) is 0 Å². The minimum atomic E-state index is 0.736. The van der Waals surface area contributed by atoms with Gasteiger partial charge in [0.2, 0.25) is 5.95 Å². The Morgan fingerprint density at radius 2 is 1.97 bits per heavy atom. The normalized spacial score (nSPS) is 25.9. The lowest BCUT2D eigenvalue weighted by Gasteiger charge is -2.30. The number of allylic oxidation sites excluding steroid dienone is 2. The summed E-state index contributed by atoms with van der Waals surface area (Å²) in [6.45, 7) is 18.0. The van der Waals surface area contributed by atoms with E-state index in [9.17, 15) is 0 Å². The SMILES string of the molecule is C=C1C(C)=C2Sc3ccccc3N2c2nc(N3CC4CN(C)CC4C3)ncc21.C=CNCC1CCNC1. The van der Waals surface area contributed by atoms with Crippen molar-refractivity contribution in [2.45, 2.75) is 18.2 Å². The summed E-state index contributed by atoms with van der Waals surface area (Å²) in [5.74, 6) is 4.13. The molecule has 0 bridgehead atoms. The fraction of sp³-hybridized carbons (Fsp3) is 0.448. The van der Waals surface area contributed by atoms with Gasteiger partial charge in [0.05, 0.1) is 10.7 Å². The van der Waals surface area contributed by atoms with E-state index in [2.05, 4.69) is 76.7 Å². The average Bonchev–Trinajstić information content (AvgIpc) is 3.69. The molecule has 0 aliphatic carbocycles. The minimum absolute atomic E-state index is 0.736. The van der Waals surface area contributed by atoms with Crippen LogP contribution in [0.3, 0.4) is 0 Å². The van der Waals surface area contributed by atoms with Crippen LogP contribution in [-0.4, -0.2) is 67.7 Å². The fourth-order valence-corrected chi connectivity index (χ4v) is 7.37. The molecule has 3 atom stereocenters. The van der Waals surface area contributed by atoms with Gasteiger partial charge in [0, 0.05) is 49.4 Å². The fourth-order valence-electron chi connectivity index (χ4n) is 6.20. The lowest BCUT2D eigenvalue weighted by Crippen LogP contribution is -2.29. The van der Waals surface area contributed by atoms with Crippen molar-refractivity contribution in [2.75, 3.05) is 62.7 Å².